The number of aryl methyl sites for hydroxylation is 1. The number of benzene rings is 2. The quantitative estimate of drug-likeness (QED) is 0.603. The molecular formula is C25H26N4O4. The predicted octanol–water partition coefficient (Wildman–Crippen LogP) is 2.77. The number of nitrogens with one attached hydrogen (secondary N) is 1. The second-order valence-corrected chi connectivity index (χ2v) is 8.23. The second-order valence-electron chi connectivity index (χ2n) is 8.23. The van der Waals surface area contributed by atoms with Crippen molar-refractivity contribution in [3.8, 4) is 17.1 Å². The minimum atomic E-state index is -0.496. The lowest BCUT2D eigenvalue weighted by Gasteiger charge is -2.36. The molecule has 1 fully saturated rings. The number of hydrogen-bond donors (Lipinski definition) is 2. The number of aliphatic hydroxyl groups is 1. The molecule has 0 bridgehead atoms. The average Bonchev–Trinajstić information content (AvgIpc) is 2.81. The molecule has 170 valence electrons. The first kappa shape index (κ1) is 22.4. The molecule has 1 aliphatic rings. The fourth-order valence-corrected chi connectivity index (χ4v) is 3.62. The highest BCUT2D eigenvalue weighted by atomic mass is 16.5. The zero-order valence-electron chi connectivity index (χ0n) is 18.8. The van der Waals surface area contributed by atoms with Gasteiger partial charge < -0.3 is 20.1 Å². The predicted molar refractivity (Wildman–Crippen MR) is 123 cm³/mol. The van der Waals surface area contributed by atoms with E-state index in [1.165, 1.54) is 7.11 Å². The Bertz CT molecular complexity index is 1160. The summed E-state index contributed by atoms with van der Waals surface area (Å²) in [6, 6.07) is 13.0. The van der Waals surface area contributed by atoms with Gasteiger partial charge in [-0.3, -0.25) is 9.59 Å². The molecule has 4 rings (SSSR count). The minimum absolute atomic E-state index is 0.208. The molecule has 1 aliphatic heterocycles. The maximum atomic E-state index is 13.1. The lowest BCUT2D eigenvalue weighted by Crippen LogP contribution is -2.53. The molecule has 1 atom stereocenters. The van der Waals surface area contributed by atoms with E-state index in [0.717, 1.165) is 22.3 Å². The van der Waals surface area contributed by atoms with Crippen LogP contribution in [-0.2, 0) is 0 Å². The molecule has 2 N–H and O–H groups in total. The van der Waals surface area contributed by atoms with Crippen molar-refractivity contribution in [2.75, 3.05) is 20.2 Å². The van der Waals surface area contributed by atoms with Gasteiger partial charge in [0.05, 0.1) is 19.3 Å². The number of methoxy groups -OCH3 is 1. The van der Waals surface area contributed by atoms with Gasteiger partial charge in [-0.15, -0.1) is 0 Å². The van der Waals surface area contributed by atoms with Gasteiger partial charge in [0, 0.05) is 42.2 Å². The summed E-state index contributed by atoms with van der Waals surface area (Å²) in [4.78, 5) is 35.8. The lowest BCUT2D eigenvalue weighted by molar-refractivity contribution is 0.00589. The molecule has 2 amide bonds. The molecule has 0 saturated carbocycles. The smallest absolute Gasteiger partial charge is 0.316 e. The van der Waals surface area contributed by atoms with Crippen molar-refractivity contribution in [3.05, 3.63) is 77.1 Å². The van der Waals surface area contributed by atoms with Crippen LogP contribution >= 0.6 is 0 Å². The topological polar surface area (TPSA) is 105 Å². The van der Waals surface area contributed by atoms with Gasteiger partial charge in [0.15, 0.2) is 0 Å². The number of aliphatic hydroxyl groups excluding tert-OH is 1. The van der Waals surface area contributed by atoms with Crippen LogP contribution in [0.15, 0.2) is 54.9 Å². The Hall–Kier alpha value is -3.78. The number of rotatable bonds is 6. The van der Waals surface area contributed by atoms with Gasteiger partial charge in [0.25, 0.3) is 11.8 Å². The molecule has 1 aromatic heterocycles. The molecule has 33 heavy (non-hydrogen) atoms. The Morgan fingerprint density at radius 1 is 1.06 bits per heavy atom. The largest absolute Gasteiger partial charge is 0.467 e. The Balaban J connectivity index is 1.62. The van der Waals surface area contributed by atoms with E-state index in [2.05, 4.69) is 15.3 Å². The molecule has 0 unspecified atom stereocenters. The molecule has 0 radical (unpaired) electrons. The van der Waals surface area contributed by atoms with Gasteiger partial charge >= 0.3 is 6.01 Å². The van der Waals surface area contributed by atoms with Crippen molar-refractivity contribution in [1.82, 2.24) is 20.2 Å². The van der Waals surface area contributed by atoms with Crippen LogP contribution in [0, 0.1) is 6.92 Å². The van der Waals surface area contributed by atoms with E-state index < -0.39 is 6.10 Å². The molecule has 2 aromatic carbocycles. The zero-order chi connectivity index (χ0) is 23.5. The second kappa shape index (κ2) is 9.38. The van der Waals surface area contributed by atoms with Gasteiger partial charge in [-0.2, -0.15) is 0 Å². The number of carbonyl (C=O) groups is 2. The number of likely N-dealkylation sites (tertiary alicyclic amines) is 1. The fourth-order valence-electron chi connectivity index (χ4n) is 3.62. The Kier molecular flexibility index (Phi) is 6.37. The normalized spacial score (nSPS) is 14.4. The van der Waals surface area contributed by atoms with E-state index >= 15 is 0 Å². The number of amides is 2. The summed E-state index contributed by atoms with van der Waals surface area (Å²) >= 11 is 0. The summed E-state index contributed by atoms with van der Waals surface area (Å²) in [7, 11) is 1.49. The van der Waals surface area contributed by atoms with Crippen molar-refractivity contribution in [2.24, 2.45) is 0 Å². The van der Waals surface area contributed by atoms with Gasteiger partial charge in [-0.25, -0.2) is 9.97 Å². The Labute approximate surface area is 192 Å². The standard InChI is InChI=1S/C25H26N4O4/c1-15-4-6-17(7-5-15)18-8-19(10-20(9-18)24(32)29-13-22(30)14-29)23(31)28-16(2)21-11-26-25(33-3)27-12-21/h4-12,16,22,30H,13-14H2,1-3H3,(H,28,31)/t16-/m1/s1. The Morgan fingerprint density at radius 2 is 1.70 bits per heavy atom. The van der Waals surface area contributed by atoms with E-state index in [-0.39, 0.29) is 23.9 Å². The molecule has 0 spiro atoms. The summed E-state index contributed by atoms with van der Waals surface area (Å²) in [6.45, 7) is 4.43. The van der Waals surface area contributed by atoms with Crippen LogP contribution < -0.4 is 10.1 Å². The monoisotopic (exact) mass is 446 g/mol. The van der Waals surface area contributed by atoms with E-state index in [0.29, 0.717) is 24.2 Å². The molecule has 0 aliphatic carbocycles. The van der Waals surface area contributed by atoms with Crippen molar-refractivity contribution in [3.63, 3.8) is 0 Å². The van der Waals surface area contributed by atoms with E-state index in [4.69, 9.17) is 4.74 Å². The van der Waals surface area contributed by atoms with Crippen LogP contribution in [0.2, 0.25) is 0 Å². The minimum Gasteiger partial charge on any atom is -0.467 e. The first-order chi connectivity index (χ1) is 15.8. The summed E-state index contributed by atoms with van der Waals surface area (Å²) in [6.07, 6.45) is 2.71. The van der Waals surface area contributed by atoms with Crippen molar-refractivity contribution in [1.29, 1.82) is 0 Å². The van der Waals surface area contributed by atoms with Crippen LogP contribution in [0.4, 0.5) is 0 Å². The molecule has 2 heterocycles. The third kappa shape index (κ3) is 5.01. The molecule has 8 nitrogen and oxygen atoms in total. The SMILES string of the molecule is COc1ncc([C@@H](C)NC(=O)c2cc(C(=O)N3CC(O)C3)cc(-c3ccc(C)cc3)c2)cn1. The van der Waals surface area contributed by atoms with Crippen LogP contribution in [0.25, 0.3) is 11.1 Å². The van der Waals surface area contributed by atoms with Crippen LogP contribution in [0.1, 0.15) is 44.8 Å². The summed E-state index contributed by atoms with van der Waals surface area (Å²) in [5.41, 5.74) is 4.31. The first-order valence-corrected chi connectivity index (χ1v) is 10.7. The third-order valence-electron chi connectivity index (χ3n) is 5.65. The number of hydrogen-bond acceptors (Lipinski definition) is 6. The van der Waals surface area contributed by atoms with Crippen LogP contribution in [0.5, 0.6) is 6.01 Å². The van der Waals surface area contributed by atoms with Crippen LogP contribution in [-0.4, -0.2) is 58.1 Å². The highest BCUT2D eigenvalue weighted by molar-refractivity contribution is 6.02. The van der Waals surface area contributed by atoms with Crippen molar-refractivity contribution >= 4 is 11.8 Å². The van der Waals surface area contributed by atoms with Crippen molar-refractivity contribution in [2.45, 2.75) is 26.0 Å². The van der Waals surface area contributed by atoms with Gasteiger partial charge in [-0.1, -0.05) is 29.8 Å². The number of aromatic nitrogens is 2. The first-order valence-electron chi connectivity index (χ1n) is 10.7. The van der Waals surface area contributed by atoms with Crippen LogP contribution in [0.3, 0.4) is 0 Å². The maximum absolute atomic E-state index is 13.1. The van der Waals surface area contributed by atoms with Gasteiger partial charge in [-0.05, 0) is 43.2 Å². The van der Waals surface area contributed by atoms with Gasteiger partial charge in [0.2, 0.25) is 0 Å². The van der Waals surface area contributed by atoms with Crippen molar-refractivity contribution < 1.29 is 19.4 Å². The lowest BCUT2D eigenvalue weighted by atomic mass is 9.97. The molecular weight excluding hydrogens is 420 g/mol. The fraction of sp³-hybridized carbons (Fsp3) is 0.280. The summed E-state index contributed by atoms with van der Waals surface area (Å²) < 4.78 is 4.98. The Morgan fingerprint density at radius 3 is 2.30 bits per heavy atom. The maximum Gasteiger partial charge on any atom is 0.316 e. The summed E-state index contributed by atoms with van der Waals surface area (Å²) in [5, 5.41) is 12.5. The number of β-amino-alcohol motifs (C(OH)–C–C–N with tert-alkyl or cyclic N) is 1. The number of ether oxygens (including phenoxy) is 1. The third-order valence-corrected chi connectivity index (χ3v) is 5.65. The molecule has 1 saturated heterocycles. The average molecular weight is 447 g/mol. The van der Waals surface area contributed by atoms with E-state index in [1.807, 2.05) is 38.1 Å². The van der Waals surface area contributed by atoms with Gasteiger partial charge in [0.1, 0.15) is 0 Å². The van der Waals surface area contributed by atoms with E-state index in [9.17, 15) is 14.7 Å². The number of nitrogens with zero attached hydrogens (tertiary/aromatic N) is 3. The highest BCUT2D eigenvalue weighted by Gasteiger charge is 2.30. The van der Waals surface area contributed by atoms with E-state index in [1.54, 1.807) is 35.5 Å². The molecule has 3 aromatic rings. The molecule has 8 heteroatoms. The number of carbonyl (C=O) groups excluding carboxylic acids is 2. The summed E-state index contributed by atoms with van der Waals surface area (Å²) in [5.74, 6) is -0.523. The highest BCUT2D eigenvalue weighted by Crippen LogP contribution is 2.25. The zero-order valence-corrected chi connectivity index (χ0v) is 18.8.